The van der Waals surface area contributed by atoms with E-state index in [0.29, 0.717) is 39.0 Å². The van der Waals surface area contributed by atoms with Gasteiger partial charge in [0.2, 0.25) is 0 Å². The zero-order valence-electron chi connectivity index (χ0n) is 16.9. The zero-order chi connectivity index (χ0) is 22.2. The first kappa shape index (κ1) is 22.1. The van der Waals surface area contributed by atoms with Crippen LogP contribution in [0.1, 0.15) is 21.5 Å². The molecule has 1 N–H and O–H groups in total. The number of carbonyl (C=O) groups excluding carboxylic acids is 1. The predicted molar refractivity (Wildman–Crippen MR) is 117 cm³/mol. The Balaban J connectivity index is 1.70. The van der Waals surface area contributed by atoms with Crippen LogP contribution in [0.4, 0.5) is 4.39 Å². The summed E-state index contributed by atoms with van der Waals surface area (Å²) in [4.78, 5) is 12.4. The molecule has 0 radical (unpaired) electrons. The molecule has 0 aliphatic rings. The summed E-state index contributed by atoms with van der Waals surface area (Å²) in [5.74, 6) is 0.666. The van der Waals surface area contributed by atoms with Crippen LogP contribution in [0.15, 0.2) is 65.8 Å². The fourth-order valence-electron chi connectivity index (χ4n) is 2.74. The van der Waals surface area contributed by atoms with Gasteiger partial charge in [-0.2, -0.15) is 5.10 Å². The molecule has 6 nitrogen and oxygen atoms in total. The lowest BCUT2D eigenvalue weighted by molar-refractivity contribution is 0.0954. The van der Waals surface area contributed by atoms with Crippen molar-refractivity contribution in [1.82, 2.24) is 5.43 Å². The van der Waals surface area contributed by atoms with E-state index in [-0.39, 0.29) is 12.4 Å². The Hall–Kier alpha value is -3.58. The number of rotatable bonds is 8. The fourth-order valence-corrected chi connectivity index (χ4v) is 2.92. The largest absolute Gasteiger partial charge is 0.493 e. The second kappa shape index (κ2) is 10.4. The third-order valence-electron chi connectivity index (χ3n) is 4.27. The quantitative estimate of drug-likeness (QED) is 0.400. The Morgan fingerprint density at radius 2 is 1.81 bits per heavy atom. The molecular weight excluding hydrogens is 423 g/mol. The number of hydrazone groups is 1. The number of hydrogen-bond donors (Lipinski definition) is 1. The summed E-state index contributed by atoms with van der Waals surface area (Å²) in [6, 6.07) is 15.9. The van der Waals surface area contributed by atoms with Gasteiger partial charge in [0.15, 0.2) is 11.5 Å². The molecular formula is C23H20ClFN2O4. The average Bonchev–Trinajstić information content (AvgIpc) is 2.78. The first-order valence-corrected chi connectivity index (χ1v) is 9.60. The van der Waals surface area contributed by atoms with E-state index in [1.165, 1.54) is 32.6 Å². The van der Waals surface area contributed by atoms with E-state index >= 15 is 0 Å². The summed E-state index contributed by atoms with van der Waals surface area (Å²) >= 11 is 6.07. The highest BCUT2D eigenvalue weighted by Gasteiger charge is 2.10. The third-order valence-corrected chi connectivity index (χ3v) is 4.51. The molecule has 0 saturated carbocycles. The van der Waals surface area contributed by atoms with E-state index in [2.05, 4.69) is 10.5 Å². The van der Waals surface area contributed by atoms with Crippen LogP contribution in [0.2, 0.25) is 5.02 Å². The number of methoxy groups -OCH3 is 2. The molecule has 0 spiro atoms. The molecule has 160 valence electrons. The molecule has 0 unspecified atom stereocenters. The number of carbonyl (C=O) groups is 1. The summed E-state index contributed by atoms with van der Waals surface area (Å²) in [6.45, 7) is 0.165. The number of hydrogen-bond acceptors (Lipinski definition) is 5. The standard InChI is InChI=1S/C23H20ClFN2O4/c1-29-21-8-6-16(12-22(21)30-2)23(28)27-26-13-17-11-18(24)7-9-20(17)31-14-15-4-3-5-19(25)10-15/h3-13H,14H2,1-2H3,(H,27,28). The van der Waals surface area contributed by atoms with Gasteiger partial charge in [0, 0.05) is 16.1 Å². The van der Waals surface area contributed by atoms with E-state index in [0.717, 1.165) is 0 Å². The molecule has 0 aliphatic carbocycles. The van der Waals surface area contributed by atoms with Crippen LogP contribution in [0.3, 0.4) is 0 Å². The predicted octanol–water partition coefficient (Wildman–Crippen LogP) is 4.84. The van der Waals surface area contributed by atoms with Gasteiger partial charge in [-0.1, -0.05) is 23.7 Å². The fraction of sp³-hybridized carbons (Fsp3) is 0.130. The van der Waals surface area contributed by atoms with Crippen LogP contribution < -0.4 is 19.6 Å². The molecule has 0 fully saturated rings. The van der Waals surface area contributed by atoms with Gasteiger partial charge in [-0.15, -0.1) is 0 Å². The van der Waals surface area contributed by atoms with Crippen molar-refractivity contribution < 1.29 is 23.4 Å². The van der Waals surface area contributed by atoms with Crippen LogP contribution in [0.25, 0.3) is 0 Å². The highest BCUT2D eigenvalue weighted by Crippen LogP contribution is 2.27. The maximum Gasteiger partial charge on any atom is 0.271 e. The Kier molecular flexibility index (Phi) is 7.45. The number of amides is 1. The normalized spacial score (nSPS) is 10.7. The second-order valence-electron chi connectivity index (χ2n) is 6.37. The highest BCUT2D eigenvalue weighted by atomic mass is 35.5. The minimum Gasteiger partial charge on any atom is -0.493 e. The lowest BCUT2D eigenvalue weighted by atomic mass is 10.2. The van der Waals surface area contributed by atoms with E-state index in [1.807, 2.05) is 0 Å². The van der Waals surface area contributed by atoms with Crippen molar-refractivity contribution in [3.8, 4) is 17.2 Å². The van der Waals surface area contributed by atoms with Crippen molar-refractivity contribution in [1.29, 1.82) is 0 Å². The van der Waals surface area contributed by atoms with Crippen molar-refractivity contribution in [2.75, 3.05) is 14.2 Å². The Morgan fingerprint density at radius 3 is 2.55 bits per heavy atom. The van der Waals surface area contributed by atoms with Crippen molar-refractivity contribution in [2.24, 2.45) is 5.10 Å². The van der Waals surface area contributed by atoms with Gasteiger partial charge in [-0.05, 0) is 54.1 Å². The number of nitrogens with one attached hydrogen (secondary N) is 1. The first-order valence-electron chi connectivity index (χ1n) is 9.22. The molecule has 3 rings (SSSR count). The summed E-state index contributed by atoms with van der Waals surface area (Å²) in [6.07, 6.45) is 1.42. The lowest BCUT2D eigenvalue weighted by Crippen LogP contribution is -2.17. The Labute approximate surface area is 184 Å². The number of ether oxygens (including phenoxy) is 3. The maximum absolute atomic E-state index is 13.3. The molecule has 0 saturated heterocycles. The van der Waals surface area contributed by atoms with Gasteiger partial charge in [-0.3, -0.25) is 4.79 Å². The molecule has 0 aromatic heterocycles. The summed E-state index contributed by atoms with van der Waals surface area (Å²) in [5.41, 5.74) is 4.03. The Bertz CT molecular complexity index is 1100. The van der Waals surface area contributed by atoms with E-state index in [9.17, 15) is 9.18 Å². The van der Waals surface area contributed by atoms with E-state index in [1.54, 1.807) is 48.5 Å². The summed E-state index contributed by atoms with van der Waals surface area (Å²) < 4.78 is 29.5. The van der Waals surface area contributed by atoms with Crippen LogP contribution >= 0.6 is 11.6 Å². The van der Waals surface area contributed by atoms with Crippen molar-refractivity contribution in [3.63, 3.8) is 0 Å². The number of nitrogens with zero attached hydrogens (tertiary/aromatic N) is 1. The van der Waals surface area contributed by atoms with Crippen molar-refractivity contribution in [3.05, 3.63) is 88.2 Å². The van der Waals surface area contributed by atoms with Crippen LogP contribution in [-0.4, -0.2) is 26.3 Å². The van der Waals surface area contributed by atoms with Gasteiger partial charge in [0.1, 0.15) is 18.2 Å². The van der Waals surface area contributed by atoms with E-state index in [4.69, 9.17) is 25.8 Å². The van der Waals surface area contributed by atoms with Gasteiger partial charge < -0.3 is 14.2 Å². The molecule has 31 heavy (non-hydrogen) atoms. The molecule has 0 aliphatic heterocycles. The minimum atomic E-state index is -0.429. The maximum atomic E-state index is 13.3. The minimum absolute atomic E-state index is 0.165. The van der Waals surface area contributed by atoms with Crippen LogP contribution in [-0.2, 0) is 6.61 Å². The highest BCUT2D eigenvalue weighted by molar-refractivity contribution is 6.30. The van der Waals surface area contributed by atoms with Crippen molar-refractivity contribution >= 4 is 23.7 Å². The van der Waals surface area contributed by atoms with Gasteiger partial charge >= 0.3 is 0 Å². The Morgan fingerprint density at radius 1 is 1.03 bits per heavy atom. The summed E-state index contributed by atoms with van der Waals surface area (Å²) in [5, 5.41) is 4.47. The number of halogens is 2. The molecule has 8 heteroatoms. The molecule has 1 amide bonds. The van der Waals surface area contributed by atoms with Crippen molar-refractivity contribution in [2.45, 2.75) is 6.61 Å². The zero-order valence-corrected chi connectivity index (χ0v) is 17.7. The molecule has 0 bridgehead atoms. The first-order chi connectivity index (χ1) is 15.0. The van der Waals surface area contributed by atoms with Crippen LogP contribution in [0.5, 0.6) is 17.2 Å². The van der Waals surface area contributed by atoms with Gasteiger partial charge in [0.05, 0.1) is 20.4 Å². The van der Waals surface area contributed by atoms with Crippen LogP contribution in [0, 0.1) is 5.82 Å². The molecule has 3 aromatic carbocycles. The smallest absolute Gasteiger partial charge is 0.271 e. The monoisotopic (exact) mass is 442 g/mol. The molecule has 0 atom stereocenters. The topological polar surface area (TPSA) is 69.2 Å². The van der Waals surface area contributed by atoms with Gasteiger partial charge in [0.25, 0.3) is 5.91 Å². The van der Waals surface area contributed by atoms with E-state index < -0.39 is 5.91 Å². The molecule has 0 heterocycles. The number of benzene rings is 3. The molecule has 3 aromatic rings. The second-order valence-corrected chi connectivity index (χ2v) is 6.81. The average molecular weight is 443 g/mol. The third kappa shape index (κ3) is 5.96. The lowest BCUT2D eigenvalue weighted by Gasteiger charge is -2.10. The summed E-state index contributed by atoms with van der Waals surface area (Å²) in [7, 11) is 3.00. The SMILES string of the molecule is COc1ccc(C(=O)NN=Cc2cc(Cl)ccc2OCc2cccc(F)c2)cc1OC. The van der Waals surface area contributed by atoms with Gasteiger partial charge in [-0.25, -0.2) is 9.82 Å².